The van der Waals surface area contributed by atoms with Crippen LogP contribution in [0.3, 0.4) is 0 Å². The Morgan fingerprint density at radius 1 is 1.44 bits per heavy atom. The van der Waals surface area contributed by atoms with E-state index in [-0.39, 0.29) is 11.9 Å². The molecular weight excluding hydrogens is 226 g/mol. The first kappa shape index (κ1) is 15.4. The second kappa shape index (κ2) is 7.74. The maximum Gasteiger partial charge on any atom is 0.234 e. The molecule has 0 spiro atoms. The number of carbonyl (C=O) groups is 1. The van der Waals surface area contributed by atoms with E-state index in [0.29, 0.717) is 18.5 Å². The van der Waals surface area contributed by atoms with E-state index < -0.39 is 0 Å². The van der Waals surface area contributed by atoms with Gasteiger partial charge in [-0.1, -0.05) is 13.8 Å². The highest BCUT2D eigenvalue weighted by atomic mass is 16.2. The zero-order chi connectivity index (χ0) is 13.5. The van der Waals surface area contributed by atoms with Crippen LogP contribution in [-0.2, 0) is 4.79 Å². The smallest absolute Gasteiger partial charge is 0.234 e. The molecule has 18 heavy (non-hydrogen) atoms. The van der Waals surface area contributed by atoms with Gasteiger partial charge >= 0.3 is 0 Å². The van der Waals surface area contributed by atoms with Crippen molar-refractivity contribution in [3.05, 3.63) is 0 Å². The highest BCUT2D eigenvalue weighted by Gasteiger charge is 2.26. The van der Waals surface area contributed by atoms with E-state index in [1.54, 1.807) is 0 Å². The average Bonchev–Trinajstić information content (AvgIpc) is 2.73. The Kier molecular flexibility index (Phi) is 6.65. The molecule has 1 amide bonds. The first-order chi connectivity index (χ1) is 8.54. The molecule has 0 radical (unpaired) electrons. The van der Waals surface area contributed by atoms with E-state index in [1.807, 2.05) is 0 Å². The maximum absolute atomic E-state index is 12.0. The lowest BCUT2D eigenvalue weighted by Crippen LogP contribution is -2.44. The Morgan fingerprint density at radius 3 is 2.78 bits per heavy atom. The van der Waals surface area contributed by atoms with E-state index in [9.17, 15) is 4.79 Å². The molecular formula is C14H29N3O. The lowest BCUT2D eigenvalue weighted by Gasteiger charge is -2.25. The van der Waals surface area contributed by atoms with Gasteiger partial charge in [0.1, 0.15) is 0 Å². The van der Waals surface area contributed by atoms with Gasteiger partial charge in [-0.3, -0.25) is 9.69 Å². The molecule has 4 nitrogen and oxygen atoms in total. The summed E-state index contributed by atoms with van der Waals surface area (Å²) >= 11 is 0. The summed E-state index contributed by atoms with van der Waals surface area (Å²) in [7, 11) is 0. The van der Waals surface area contributed by atoms with Crippen LogP contribution in [0.25, 0.3) is 0 Å². The predicted octanol–water partition coefficient (Wildman–Crippen LogP) is 1.35. The fourth-order valence-electron chi connectivity index (χ4n) is 2.43. The first-order valence-corrected chi connectivity index (χ1v) is 7.28. The van der Waals surface area contributed by atoms with Crippen LogP contribution in [0.4, 0.5) is 0 Å². The van der Waals surface area contributed by atoms with Crippen LogP contribution in [0.5, 0.6) is 0 Å². The highest BCUT2D eigenvalue weighted by molar-refractivity contribution is 5.78. The topological polar surface area (TPSA) is 58.4 Å². The highest BCUT2D eigenvalue weighted by Crippen LogP contribution is 2.20. The second-order valence-electron chi connectivity index (χ2n) is 5.80. The van der Waals surface area contributed by atoms with Gasteiger partial charge in [0.25, 0.3) is 0 Å². The summed E-state index contributed by atoms with van der Waals surface area (Å²) in [6.07, 6.45) is 4.62. The van der Waals surface area contributed by atoms with Crippen LogP contribution >= 0.6 is 0 Å². The molecule has 0 aromatic rings. The Labute approximate surface area is 111 Å². The van der Waals surface area contributed by atoms with Gasteiger partial charge in [-0.25, -0.2) is 0 Å². The third-order valence-electron chi connectivity index (χ3n) is 3.98. The summed E-state index contributed by atoms with van der Waals surface area (Å²) in [6, 6.07) is 0.816. The number of hydrogen-bond donors (Lipinski definition) is 2. The Balaban J connectivity index is 2.33. The van der Waals surface area contributed by atoms with Crippen molar-refractivity contribution in [2.24, 2.45) is 11.7 Å². The third-order valence-corrected chi connectivity index (χ3v) is 3.98. The number of rotatable bonds is 7. The Morgan fingerprint density at radius 2 is 2.17 bits per heavy atom. The van der Waals surface area contributed by atoms with E-state index in [0.717, 1.165) is 25.9 Å². The van der Waals surface area contributed by atoms with Crippen LogP contribution in [0.2, 0.25) is 0 Å². The summed E-state index contributed by atoms with van der Waals surface area (Å²) in [4.78, 5) is 14.3. The number of hydrogen-bond acceptors (Lipinski definition) is 3. The van der Waals surface area contributed by atoms with Crippen LogP contribution in [0.15, 0.2) is 0 Å². The molecule has 2 unspecified atom stereocenters. The first-order valence-electron chi connectivity index (χ1n) is 7.28. The van der Waals surface area contributed by atoms with Gasteiger partial charge < -0.3 is 11.1 Å². The minimum Gasteiger partial charge on any atom is -0.352 e. The van der Waals surface area contributed by atoms with Crippen molar-refractivity contribution in [2.45, 2.75) is 58.5 Å². The number of nitrogens with zero attached hydrogens (tertiary/aromatic N) is 1. The lowest BCUT2D eigenvalue weighted by atomic mass is 10.1. The number of nitrogens with one attached hydrogen (secondary N) is 1. The summed E-state index contributed by atoms with van der Waals surface area (Å²) in [6.45, 7) is 8.68. The molecule has 0 bridgehead atoms. The quantitative estimate of drug-likeness (QED) is 0.722. The second-order valence-corrected chi connectivity index (χ2v) is 5.80. The molecule has 1 fully saturated rings. The van der Waals surface area contributed by atoms with E-state index in [2.05, 4.69) is 31.0 Å². The fraction of sp³-hybridized carbons (Fsp3) is 0.929. The zero-order valence-electron chi connectivity index (χ0n) is 12.1. The zero-order valence-corrected chi connectivity index (χ0v) is 12.1. The number of nitrogens with two attached hydrogens (primary N) is 1. The predicted molar refractivity (Wildman–Crippen MR) is 75.3 cm³/mol. The average molecular weight is 255 g/mol. The SMILES string of the molecule is CC(C)C(C)NC(=O)CN1CCCC1CCCN. The van der Waals surface area contributed by atoms with Crippen molar-refractivity contribution in [1.29, 1.82) is 0 Å². The minimum atomic E-state index is 0.163. The van der Waals surface area contributed by atoms with Crippen LogP contribution < -0.4 is 11.1 Å². The Bertz CT molecular complexity index is 255. The molecule has 106 valence electrons. The van der Waals surface area contributed by atoms with E-state index in [4.69, 9.17) is 5.73 Å². The summed E-state index contributed by atoms with van der Waals surface area (Å²) in [5.41, 5.74) is 5.55. The van der Waals surface area contributed by atoms with Crippen molar-refractivity contribution in [1.82, 2.24) is 10.2 Å². The molecule has 0 aromatic heterocycles. The molecule has 2 atom stereocenters. The molecule has 3 N–H and O–H groups in total. The maximum atomic E-state index is 12.0. The summed E-state index contributed by atoms with van der Waals surface area (Å²) < 4.78 is 0. The largest absolute Gasteiger partial charge is 0.352 e. The van der Waals surface area contributed by atoms with Gasteiger partial charge in [0, 0.05) is 12.1 Å². The van der Waals surface area contributed by atoms with Crippen molar-refractivity contribution in [3.8, 4) is 0 Å². The standard InChI is InChI=1S/C14H29N3O/c1-11(2)12(3)16-14(18)10-17-9-5-7-13(17)6-4-8-15/h11-13H,4-10,15H2,1-3H3,(H,16,18). The molecule has 0 aliphatic carbocycles. The van der Waals surface area contributed by atoms with E-state index >= 15 is 0 Å². The number of amides is 1. The van der Waals surface area contributed by atoms with Crippen molar-refractivity contribution >= 4 is 5.91 Å². The van der Waals surface area contributed by atoms with Gasteiger partial charge in [-0.2, -0.15) is 0 Å². The van der Waals surface area contributed by atoms with Crippen molar-refractivity contribution in [2.75, 3.05) is 19.6 Å². The monoisotopic (exact) mass is 255 g/mol. The summed E-state index contributed by atoms with van der Waals surface area (Å²) in [5.74, 6) is 0.649. The molecule has 1 aliphatic rings. The van der Waals surface area contributed by atoms with Crippen molar-refractivity contribution in [3.63, 3.8) is 0 Å². The van der Waals surface area contributed by atoms with Gasteiger partial charge in [-0.15, -0.1) is 0 Å². The fourth-order valence-corrected chi connectivity index (χ4v) is 2.43. The molecule has 0 saturated carbocycles. The van der Waals surface area contributed by atoms with Gasteiger partial charge in [0.05, 0.1) is 6.54 Å². The molecule has 1 aliphatic heterocycles. The van der Waals surface area contributed by atoms with Crippen molar-refractivity contribution < 1.29 is 4.79 Å². The van der Waals surface area contributed by atoms with Crippen LogP contribution in [0, 0.1) is 5.92 Å². The number of likely N-dealkylation sites (tertiary alicyclic amines) is 1. The van der Waals surface area contributed by atoms with Gasteiger partial charge in [0.2, 0.25) is 5.91 Å². The lowest BCUT2D eigenvalue weighted by molar-refractivity contribution is -0.123. The molecule has 1 rings (SSSR count). The van der Waals surface area contributed by atoms with Gasteiger partial charge in [-0.05, 0) is 51.6 Å². The molecule has 4 heteroatoms. The third kappa shape index (κ3) is 4.94. The van der Waals surface area contributed by atoms with E-state index in [1.165, 1.54) is 12.8 Å². The molecule has 0 aromatic carbocycles. The minimum absolute atomic E-state index is 0.163. The van der Waals surface area contributed by atoms with Crippen LogP contribution in [-0.4, -0.2) is 42.5 Å². The Hall–Kier alpha value is -0.610. The normalized spacial score (nSPS) is 22.4. The molecule has 1 saturated heterocycles. The van der Waals surface area contributed by atoms with Gasteiger partial charge in [0.15, 0.2) is 0 Å². The molecule has 1 heterocycles. The van der Waals surface area contributed by atoms with Crippen LogP contribution in [0.1, 0.15) is 46.5 Å². The summed E-state index contributed by atoms with van der Waals surface area (Å²) in [5, 5.41) is 3.08. The number of carbonyl (C=O) groups excluding carboxylic acids is 1.